The van der Waals surface area contributed by atoms with Crippen molar-refractivity contribution in [3.63, 3.8) is 0 Å². The summed E-state index contributed by atoms with van der Waals surface area (Å²) in [6, 6.07) is 5.75. The molecule has 0 spiro atoms. The molecule has 8 nitrogen and oxygen atoms in total. The van der Waals surface area contributed by atoms with Crippen molar-refractivity contribution in [3.05, 3.63) is 30.6 Å². The van der Waals surface area contributed by atoms with Crippen molar-refractivity contribution in [2.75, 3.05) is 50.1 Å². The smallest absolute Gasteiger partial charge is 0.244 e. The summed E-state index contributed by atoms with van der Waals surface area (Å²) in [4.78, 5) is 18.2. The third-order valence-corrected chi connectivity index (χ3v) is 3.91. The molecule has 1 aliphatic heterocycles. The Labute approximate surface area is 135 Å². The molecule has 3 rings (SSSR count). The second kappa shape index (κ2) is 6.64. The van der Waals surface area contributed by atoms with Gasteiger partial charge in [0.05, 0.1) is 0 Å². The maximum absolute atomic E-state index is 12.2. The first-order valence-electron chi connectivity index (χ1n) is 7.65. The van der Waals surface area contributed by atoms with Crippen LogP contribution in [0, 0.1) is 0 Å². The largest absolute Gasteiger partial charge is 0.361 e. The Morgan fingerprint density at radius 1 is 1.17 bits per heavy atom. The van der Waals surface area contributed by atoms with Crippen LogP contribution in [0.15, 0.2) is 30.6 Å². The molecule has 8 heteroatoms. The lowest BCUT2D eigenvalue weighted by Crippen LogP contribution is -2.50. The van der Waals surface area contributed by atoms with E-state index in [0.717, 1.165) is 24.7 Å². The minimum absolute atomic E-state index is 0.0994. The van der Waals surface area contributed by atoms with Gasteiger partial charge in [0, 0.05) is 52.7 Å². The van der Waals surface area contributed by atoms with Crippen LogP contribution in [0.2, 0.25) is 0 Å². The predicted molar refractivity (Wildman–Crippen MR) is 87.4 cm³/mol. The van der Waals surface area contributed by atoms with Gasteiger partial charge < -0.3 is 14.7 Å². The SMILES string of the molecule is CN(C)c1ccc(N2CCN(C(=O)Cn3cccn3)CC2)nn1. The highest BCUT2D eigenvalue weighted by Crippen LogP contribution is 2.15. The van der Waals surface area contributed by atoms with Gasteiger partial charge >= 0.3 is 0 Å². The van der Waals surface area contributed by atoms with Crippen molar-refractivity contribution < 1.29 is 4.79 Å². The van der Waals surface area contributed by atoms with Crippen molar-refractivity contribution in [2.45, 2.75) is 6.54 Å². The van der Waals surface area contributed by atoms with E-state index in [0.29, 0.717) is 19.6 Å². The minimum Gasteiger partial charge on any atom is -0.361 e. The van der Waals surface area contributed by atoms with Crippen LogP contribution in [0.3, 0.4) is 0 Å². The number of carbonyl (C=O) groups excluding carboxylic acids is 1. The van der Waals surface area contributed by atoms with Gasteiger partial charge in [-0.3, -0.25) is 9.48 Å². The average molecular weight is 315 g/mol. The standard InChI is InChI=1S/C15H21N7O/c1-19(2)13-4-5-14(18-17-13)20-8-10-21(11-9-20)15(23)12-22-7-3-6-16-22/h3-7H,8-12H2,1-2H3. The van der Waals surface area contributed by atoms with E-state index in [1.165, 1.54) is 0 Å². The van der Waals surface area contributed by atoms with Crippen LogP contribution >= 0.6 is 0 Å². The molecule has 0 bridgehead atoms. The fraction of sp³-hybridized carbons (Fsp3) is 0.467. The van der Waals surface area contributed by atoms with Crippen molar-refractivity contribution in [3.8, 4) is 0 Å². The minimum atomic E-state index is 0.0994. The van der Waals surface area contributed by atoms with Gasteiger partial charge in [0.15, 0.2) is 11.6 Å². The van der Waals surface area contributed by atoms with E-state index in [2.05, 4.69) is 20.2 Å². The molecule has 3 heterocycles. The van der Waals surface area contributed by atoms with Crippen molar-refractivity contribution >= 4 is 17.5 Å². The van der Waals surface area contributed by atoms with Gasteiger partial charge in [-0.05, 0) is 18.2 Å². The number of hydrogen-bond acceptors (Lipinski definition) is 6. The molecule has 0 aliphatic carbocycles. The highest BCUT2D eigenvalue weighted by molar-refractivity contribution is 5.76. The Hall–Kier alpha value is -2.64. The zero-order chi connectivity index (χ0) is 16.2. The number of amides is 1. The second-order valence-electron chi connectivity index (χ2n) is 5.72. The lowest BCUT2D eigenvalue weighted by Gasteiger charge is -2.35. The fourth-order valence-electron chi connectivity index (χ4n) is 2.54. The third kappa shape index (κ3) is 3.58. The maximum Gasteiger partial charge on any atom is 0.244 e. The van der Waals surface area contributed by atoms with E-state index in [-0.39, 0.29) is 5.91 Å². The van der Waals surface area contributed by atoms with E-state index >= 15 is 0 Å². The molecule has 23 heavy (non-hydrogen) atoms. The molecule has 0 atom stereocenters. The first-order valence-corrected chi connectivity index (χ1v) is 7.65. The second-order valence-corrected chi connectivity index (χ2v) is 5.72. The van der Waals surface area contributed by atoms with Gasteiger partial charge in [0.1, 0.15) is 6.54 Å². The predicted octanol–water partition coefficient (Wildman–Crippen LogP) is 0.0879. The summed E-state index contributed by atoms with van der Waals surface area (Å²) in [7, 11) is 3.88. The Bertz CT molecular complexity index is 630. The topological polar surface area (TPSA) is 70.4 Å². The number of piperazine rings is 1. The Kier molecular flexibility index (Phi) is 4.40. The monoisotopic (exact) mass is 315 g/mol. The summed E-state index contributed by atoms with van der Waals surface area (Å²) in [5.41, 5.74) is 0. The molecule has 1 saturated heterocycles. The van der Waals surface area contributed by atoms with Crippen LogP contribution in [0.4, 0.5) is 11.6 Å². The molecule has 122 valence electrons. The van der Waals surface area contributed by atoms with Crippen LogP contribution in [0.25, 0.3) is 0 Å². The van der Waals surface area contributed by atoms with Crippen molar-refractivity contribution in [2.24, 2.45) is 0 Å². The maximum atomic E-state index is 12.2. The lowest BCUT2D eigenvalue weighted by molar-refractivity contribution is -0.132. The van der Waals surface area contributed by atoms with Gasteiger partial charge in [0.2, 0.25) is 5.91 Å². The quantitative estimate of drug-likeness (QED) is 0.796. The van der Waals surface area contributed by atoms with Crippen LogP contribution in [-0.4, -0.2) is 71.1 Å². The van der Waals surface area contributed by atoms with Crippen LogP contribution in [0.1, 0.15) is 0 Å². The van der Waals surface area contributed by atoms with Gasteiger partial charge in [-0.15, -0.1) is 10.2 Å². The molecular weight excluding hydrogens is 294 g/mol. The molecule has 0 radical (unpaired) electrons. The molecule has 0 N–H and O–H groups in total. The zero-order valence-electron chi connectivity index (χ0n) is 13.5. The fourth-order valence-corrected chi connectivity index (χ4v) is 2.54. The highest BCUT2D eigenvalue weighted by Gasteiger charge is 2.22. The number of rotatable bonds is 4. The van der Waals surface area contributed by atoms with Gasteiger partial charge in [-0.2, -0.15) is 5.10 Å². The number of carbonyl (C=O) groups is 1. The summed E-state index contributed by atoms with van der Waals surface area (Å²) in [5, 5.41) is 12.5. The number of nitrogens with zero attached hydrogens (tertiary/aromatic N) is 7. The molecule has 0 unspecified atom stereocenters. The van der Waals surface area contributed by atoms with E-state index in [9.17, 15) is 4.79 Å². The molecular formula is C15H21N7O. The first kappa shape index (κ1) is 15.3. The molecule has 0 aromatic carbocycles. The molecule has 1 aliphatic rings. The summed E-state index contributed by atoms with van der Waals surface area (Å²) in [6.07, 6.45) is 3.48. The molecule has 1 fully saturated rings. The van der Waals surface area contributed by atoms with Gasteiger partial charge in [0.25, 0.3) is 0 Å². The van der Waals surface area contributed by atoms with Crippen LogP contribution in [0.5, 0.6) is 0 Å². The Morgan fingerprint density at radius 3 is 2.52 bits per heavy atom. The van der Waals surface area contributed by atoms with Crippen LogP contribution < -0.4 is 9.80 Å². The number of aromatic nitrogens is 4. The van der Waals surface area contributed by atoms with Crippen molar-refractivity contribution in [1.82, 2.24) is 24.9 Å². The van der Waals surface area contributed by atoms with Gasteiger partial charge in [-0.25, -0.2) is 0 Å². The number of hydrogen-bond donors (Lipinski definition) is 0. The lowest BCUT2D eigenvalue weighted by atomic mass is 10.3. The van der Waals surface area contributed by atoms with E-state index in [1.807, 2.05) is 42.1 Å². The summed E-state index contributed by atoms with van der Waals surface area (Å²) < 4.78 is 1.65. The summed E-state index contributed by atoms with van der Waals surface area (Å²) in [5.74, 6) is 1.79. The Balaban J connectivity index is 1.54. The summed E-state index contributed by atoms with van der Waals surface area (Å²) in [6.45, 7) is 3.21. The van der Waals surface area contributed by atoms with E-state index in [1.54, 1.807) is 17.1 Å². The van der Waals surface area contributed by atoms with Gasteiger partial charge in [-0.1, -0.05) is 0 Å². The average Bonchev–Trinajstić information content (AvgIpc) is 3.08. The first-order chi connectivity index (χ1) is 11.1. The molecule has 1 amide bonds. The summed E-state index contributed by atoms with van der Waals surface area (Å²) >= 11 is 0. The van der Waals surface area contributed by atoms with E-state index < -0.39 is 0 Å². The van der Waals surface area contributed by atoms with E-state index in [4.69, 9.17) is 0 Å². The Morgan fingerprint density at radius 2 is 1.96 bits per heavy atom. The zero-order valence-corrected chi connectivity index (χ0v) is 13.5. The number of anilines is 2. The third-order valence-electron chi connectivity index (χ3n) is 3.91. The van der Waals surface area contributed by atoms with Crippen molar-refractivity contribution in [1.29, 1.82) is 0 Å². The highest BCUT2D eigenvalue weighted by atomic mass is 16.2. The molecule has 2 aromatic heterocycles. The normalized spacial score (nSPS) is 14.9. The van der Waals surface area contributed by atoms with Crippen LogP contribution in [-0.2, 0) is 11.3 Å². The molecule has 0 saturated carbocycles. The molecule has 2 aromatic rings.